The van der Waals surface area contributed by atoms with Gasteiger partial charge in [-0.3, -0.25) is 4.90 Å². The molecular weight excluding hydrogens is 478 g/mol. The van der Waals surface area contributed by atoms with Crippen molar-refractivity contribution < 1.29 is 19.4 Å². The van der Waals surface area contributed by atoms with Gasteiger partial charge in [0.2, 0.25) is 0 Å². The highest BCUT2D eigenvalue weighted by Gasteiger charge is 2.34. The molecule has 0 radical (unpaired) electrons. The maximum atomic E-state index is 13.5. The van der Waals surface area contributed by atoms with Crippen LogP contribution in [0.5, 0.6) is 0 Å². The number of aliphatic hydroxyl groups excluding tert-OH is 1. The summed E-state index contributed by atoms with van der Waals surface area (Å²) in [7, 11) is 0. The van der Waals surface area contributed by atoms with E-state index in [9.17, 15) is 14.7 Å². The summed E-state index contributed by atoms with van der Waals surface area (Å²) >= 11 is 0. The molecule has 0 aromatic heterocycles. The third-order valence-corrected chi connectivity index (χ3v) is 6.02. The van der Waals surface area contributed by atoms with Crippen molar-refractivity contribution >= 4 is 12.1 Å². The van der Waals surface area contributed by atoms with E-state index in [4.69, 9.17) is 4.74 Å². The third kappa shape index (κ3) is 10.4. The molecule has 0 fully saturated rings. The lowest BCUT2D eigenvalue weighted by molar-refractivity contribution is -0.00826. The second-order valence-corrected chi connectivity index (χ2v) is 12.3. The summed E-state index contributed by atoms with van der Waals surface area (Å²) in [6, 6.07) is 18.5. The first kappa shape index (κ1) is 31.2. The van der Waals surface area contributed by atoms with Gasteiger partial charge in [0.05, 0.1) is 12.1 Å². The fourth-order valence-corrected chi connectivity index (χ4v) is 4.18. The van der Waals surface area contributed by atoms with E-state index >= 15 is 0 Å². The molecule has 2 aromatic rings. The van der Waals surface area contributed by atoms with Crippen LogP contribution in [0.1, 0.15) is 66.5 Å². The Bertz CT molecular complexity index is 997. The van der Waals surface area contributed by atoms with Gasteiger partial charge in [0, 0.05) is 25.2 Å². The molecule has 0 aliphatic heterocycles. The van der Waals surface area contributed by atoms with Crippen molar-refractivity contribution in [3.8, 4) is 0 Å². The highest BCUT2D eigenvalue weighted by atomic mass is 16.6. The van der Waals surface area contributed by atoms with Gasteiger partial charge >= 0.3 is 12.1 Å². The number of rotatable bonds is 10. The molecule has 0 saturated carbocycles. The molecular formula is C31H47N3O4. The van der Waals surface area contributed by atoms with Crippen LogP contribution in [-0.2, 0) is 17.7 Å². The van der Waals surface area contributed by atoms with Crippen molar-refractivity contribution in [1.82, 2.24) is 15.1 Å². The van der Waals surface area contributed by atoms with Gasteiger partial charge in [-0.05, 0) is 65.0 Å². The lowest BCUT2D eigenvalue weighted by atomic mass is 9.98. The van der Waals surface area contributed by atoms with E-state index in [1.807, 2.05) is 102 Å². The van der Waals surface area contributed by atoms with Crippen LogP contribution in [0.25, 0.3) is 0 Å². The van der Waals surface area contributed by atoms with Crippen LogP contribution in [0.3, 0.4) is 0 Å². The van der Waals surface area contributed by atoms with E-state index in [1.165, 1.54) is 0 Å². The van der Waals surface area contributed by atoms with Crippen LogP contribution in [-0.4, -0.2) is 63.4 Å². The number of hydrogen-bond donors (Lipinski definition) is 2. The summed E-state index contributed by atoms with van der Waals surface area (Å²) in [5, 5.41) is 14.4. The maximum absolute atomic E-state index is 13.5. The molecule has 7 nitrogen and oxygen atoms in total. The van der Waals surface area contributed by atoms with E-state index in [-0.39, 0.29) is 24.7 Å². The normalized spacial score (nSPS) is 13.5. The van der Waals surface area contributed by atoms with Crippen LogP contribution in [0, 0.1) is 5.92 Å². The first-order valence-electron chi connectivity index (χ1n) is 13.5. The van der Waals surface area contributed by atoms with Crippen LogP contribution in [0.2, 0.25) is 0 Å². The predicted molar refractivity (Wildman–Crippen MR) is 153 cm³/mol. The highest BCUT2D eigenvalue weighted by molar-refractivity contribution is 5.75. The minimum Gasteiger partial charge on any atom is -0.444 e. The zero-order valence-electron chi connectivity index (χ0n) is 24.4. The Kier molecular flexibility index (Phi) is 11.2. The second kappa shape index (κ2) is 13.7. The van der Waals surface area contributed by atoms with Crippen molar-refractivity contribution in [2.75, 3.05) is 13.1 Å². The summed E-state index contributed by atoms with van der Waals surface area (Å²) in [6.45, 7) is 16.4. The Morgan fingerprint density at radius 3 is 1.89 bits per heavy atom. The maximum Gasteiger partial charge on any atom is 0.410 e. The Morgan fingerprint density at radius 2 is 1.42 bits per heavy atom. The van der Waals surface area contributed by atoms with E-state index in [0.717, 1.165) is 11.1 Å². The number of nitrogens with one attached hydrogen (secondary N) is 1. The molecule has 3 amide bonds. The number of benzene rings is 2. The van der Waals surface area contributed by atoms with Crippen LogP contribution in [0.15, 0.2) is 60.7 Å². The Hall–Kier alpha value is -3.06. The molecule has 38 heavy (non-hydrogen) atoms. The fraction of sp³-hybridized carbons (Fsp3) is 0.548. The molecule has 0 spiro atoms. The zero-order chi connectivity index (χ0) is 28.5. The van der Waals surface area contributed by atoms with Gasteiger partial charge in [-0.15, -0.1) is 0 Å². The number of aliphatic hydroxyl groups is 1. The predicted octanol–water partition coefficient (Wildman–Crippen LogP) is 5.86. The average molecular weight is 526 g/mol. The molecule has 2 rings (SSSR count). The molecule has 210 valence electrons. The van der Waals surface area contributed by atoms with Gasteiger partial charge in [-0.2, -0.15) is 0 Å². The number of carbonyl (C=O) groups is 2. The molecule has 0 heterocycles. The third-order valence-electron chi connectivity index (χ3n) is 6.02. The van der Waals surface area contributed by atoms with E-state index < -0.39 is 23.8 Å². The summed E-state index contributed by atoms with van der Waals surface area (Å²) in [5.74, 6) is 0.296. The molecule has 0 saturated heterocycles. The standard InChI is InChI=1S/C31H47N3O4/c1-23(2)21-34(30(3,4)5)28(36)32-20-27(35)26(19-24-15-11-9-12-16-24)33(29(37)38-31(6,7)8)22-25-17-13-10-14-18-25/h9-18,23,26-27,35H,19-22H2,1-8H3,(H,32,36)/t26-,27+/m0/s1. The molecule has 0 unspecified atom stereocenters. The Labute approximate surface area is 229 Å². The topological polar surface area (TPSA) is 82.1 Å². The molecule has 2 N–H and O–H groups in total. The van der Waals surface area contributed by atoms with Gasteiger partial charge < -0.3 is 20.1 Å². The number of ether oxygens (including phenoxy) is 1. The minimum absolute atomic E-state index is 0.00486. The molecule has 0 aliphatic carbocycles. The quantitative estimate of drug-likeness (QED) is 0.407. The lowest BCUT2D eigenvalue weighted by Gasteiger charge is -2.38. The molecule has 0 aliphatic rings. The number of hydrogen-bond acceptors (Lipinski definition) is 4. The number of nitrogens with zero attached hydrogens (tertiary/aromatic N) is 2. The molecule has 0 bridgehead atoms. The largest absolute Gasteiger partial charge is 0.444 e. The number of amides is 3. The van der Waals surface area contributed by atoms with Crippen molar-refractivity contribution in [2.45, 2.75) is 91.6 Å². The molecule has 7 heteroatoms. The zero-order valence-corrected chi connectivity index (χ0v) is 24.4. The van der Waals surface area contributed by atoms with Crippen LogP contribution >= 0.6 is 0 Å². The number of carbonyl (C=O) groups excluding carboxylic acids is 2. The van der Waals surface area contributed by atoms with Crippen molar-refractivity contribution in [3.05, 3.63) is 71.8 Å². The number of urea groups is 1. The summed E-state index contributed by atoms with van der Waals surface area (Å²) in [5.41, 5.74) is 0.814. The Morgan fingerprint density at radius 1 is 0.895 bits per heavy atom. The highest BCUT2D eigenvalue weighted by Crippen LogP contribution is 2.21. The van der Waals surface area contributed by atoms with Gasteiger partial charge in [0.15, 0.2) is 0 Å². The van der Waals surface area contributed by atoms with Crippen molar-refractivity contribution in [1.29, 1.82) is 0 Å². The molecule has 2 atom stereocenters. The fourth-order valence-electron chi connectivity index (χ4n) is 4.18. The monoisotopic (exact) mass is 525 g/mol. The summed E-state index contributed by atoms with van der Waals surface area (Å²) < 4.78 is 5.77. The van der Waals surface area contributed by atoms with Crippen LogP contribution in [0.4, 0.5) is 9.59 Å². The average Bonchev–Trinajstić information content (AvgIpc) is 2.82. The van der Waals surface area contributed by atoms with Gasteiger partial charge in [-0.25, -0.2) is 9.59 Å². The Balaban J connectivity index is 2.36. The van der Waals surface area contributed by atoms with Gasteiger partial charge in [-0.1, -0.05) is 74.5 Å². The smallest absolute Gasteiger partial charge is 0.410 e. The summed E-state index contributed by atoms with van der Waals surface area (Å²) in [6.07, 6.45) is -1.14. The van der Waals surface area contributed by atoms with E-state index in [2.05, 4.69) is 19.2 Å². The van der Waals surface area contributed by atoms with E-state index in [1.54, 1.807) is 9.80 Å². The van der Waals surface area contributed by atoms with Gasteiger partial charge in [0.1, 0.15) is 5.60 Å². The van der Waals surface area contributed by atoms with Crippen molar-refractivity contribution in [2.24, 2.45) is 5.92 Å². The lowest BCUT2D eigenvalue weighted by Crippen LogP contribution is -2.56. The first-order valence-corrected chi connectivity index (χ1v) is 13.5. The van der Waals surface area contributed by atoms with E-state index in [0.29, 0.717) is 18.9 Å². The van der Waals surface area contributed by atoms with Crippen molar-refractivity contribution in [3.63, 3.8) is 0 Å². The first-order chi connectivity index (χ1) is 17.7. The minimum atomic E-state index is -1.03. The molecule has 2 aromatic carbocycles. The second-order valence-electron chi connectivity index (χ2n) is 12.3. The van der Waals surface area contributed by atoms with Crippen LogP contribution < -0.4 is 5.32 Å². The summed E-state index contributed by atoms with van der Waals surface area (Å²) in [4.78, 5) is 30.1. The SMILES string of the molecule is CC(C)CN(C(=O)NC[C@@H](O)[C@H](Cc1ccccc1)N(Cc1ccccc1)C(=O)OC(C)(C)C)C(C)(C)C. The van der Waals surface area contributed by atoms with Gasteiger partial charge in [0.25, 0.3) is 0 Å².